The normalized spacial score (nSPS) is 17.0. The van der Waals surface area contributed by atoms with Crippen LogP contribution in [-0.2, 0) is 11.2 Å². The lowest BCUT2D eigenvalue weighted by molar-refractivity contribution is -0.127. The number of hydrogen-bond donors (Lipinski definition) is 2. The van der Waals surface area contributed by atoms with Crippen LogP contribution in [0.4, 0.5) is 0 Å². The van der Waals surface area contributed by atoms with E-state index in [0.717, 1.165) is 30.4 Å². The molecule has 1 atom stereocenters. The molecule has 0 aromatic heterocycles. The Bertz CT molecular complexity index is 401. The molecule has 0 aliphatic carbocycles. The molecule has 0 saturated carbocycles. The first-order valence-electron chi connectivity index (χ1n) is 6.40. The number of rotatable bonds is 5. The van der Waals surface area contributed by atoms with Crippen molar-refractivity contribution in [2.24, 2.45) is 5.92 Å². The second-order valence-corrected chi connectivity index (χ2v) is 5.85. The zero-order valence-electron chi connectivity index (χ0n) is 10.6. The monoisotopic (exact) mass is 310 g/mol. The third-order valence-corrected chi connectivity index (χ3v) is 3.85. The quantitative estimate of drug-likeness (QED) is 0.874. The zero-order valence-corrected chi connectivity index (χ0v) is 12.2. The molecule has 1 saturated heterocycles. The second kappa shape index (κ2) is 6.34. The van der Waals surface area contributed by atoms with Crippen molar-refractivity contribution in [2.75, 3.05) is 13.1 Å². The van der Waals surface area contributed by atoms with E-state index in [1.165, 1.54) is 5.56 Å². The van der Waals surface area contributed by atoms with Crippen LogP contribution in [0.1, 0.15) is 18.9 Å². The van der Waals surface area contributed by atoms with E-state index in [1.807, 2.05) is 0 Å². The van der Waals surface area contributed by atoms with Crippen LogP contribution in [0.3, 0.4) is 0 Å². The summed E-state index contributed by atoms with van der Waals surface area (Å²) in [5.41, 5.74) is 1.31. The van der Waals surface area contributed by atoms with E-state index >= 15 is 0 Å². The van der Waals surface area contributed by atoms with Crippen LogP contribution in [0.25, 0.3) is 0 Å². The third-order valence-electron chi connectivity index (χ3n) is 3.32. The van der Waals surface area contributed by atoms with Crippen LogP contribution < -0.4 is 10.6 Å². The van der Waals surface area contributed by atoms with Gasteiger partial charge in [-0.05, 0) is 37.5 Å². The van der Waals surface area contributed by atoms with Gasteiger partial charge in [0.1, 0.15) is 0 Å². The van der Waals surface area contributed by atoms with Crippen molar-refractivity contribution in [1.82, 2.24) is 10.6 Å². The highest BCUT2D eigenvalue weighted by Crippen LogP contribution is 2.12. The molecule has 0 spiro atoms. The molecule has 1 aromatic rings. The Morgan fingerprint density at radius 3 is 2.67 bits per heavy atom. The summed E-state index contributed by atoms with van der Waals surface area (Å²) in [5, 5.41) is 6.19. The second-order valence-electron chi connectivity index (χ2n) is 4.93. The molecule has 1 aromatic carbocycles. The lowest BCUT2D eigenvalue weighted by Crippen LogP contribution is -2.52. The zero-order chi connectivity index (χ0) is 13.0. The minimum absolute atomic E-state index is 0.181. The van der Waals surface area contributed by atoms with E-state index in [9.17, 15) is 4.79 Å². The molecule has 1 aliphatic heterocycles. The van der Waals surface area contributed by atoms with E-state index in [4.69, 9.17) is 0 Å². The minimum atomic E-state index is 0.181. The van der Waals surface area contributed by atoms with Crippen molar-refractivity contribution in [1.29, 1.82) is 0 Å². The lowest BCUT2D eigenvalue weighted by atomic mass is 10.0. The largest absolute Gasteiger partial charge is 0.353 e. The van der Waals surface area contributed by atoms with Crippen molar-refractivity contribution in [3.63, 3.8) is 0 Å². The highest BCUT2D eigenvalue weighted by atomic mass is 79.9. The summed E-state index contributed by atoms with van der Waals surface area (Å²) < 4.78 is 1.10. The fraction of sp³-hybridized carbons (Fsp3) is 0.500. The average molecular weight is 311 g/mol. The first-order valence-corrected chi connectivity index (χ1v) is 7.20. The third kappa shape index (κ3) is 3.82. The molecule has 2 N–H and O–H groups in total. The maximum atomic E-state index is 11.7. The molecule has 3 nitrogen and oxygen atoms in total. The summed E-state index contributed by atoms with van der Waals surface area (Å²) in [7, 11) is 0. The molecule has 1 amide bonds. The Labute approximate surface area is 116 Å². The molecule has 98 valence electrons. The predicted molar refractivity (Wildman–Crippen MR) is 76.4 cm³/mol. The molecule has 1 heterocycles. The van der Waals surface area contributed by atoms with Crippen molar-refractivity contribution >= 4 is 21.8 Å². The Morgan fingerprint density at radius 2 is 2.11 bits per heavy atom. The topological polar surface area (TPSA) is 41.1 Å². The molecule has 1 unspecified atom stereocenters. The number of carbonyl (C=O) groups is 1. The van der Waals surface area contributed by atoms with E-state index in [0.29, 0.717) is 0 Å². The van der Waals surface area contributed by atoms with Gasteiger partial charge in [0.15, 0.2) is 0 Å². The van der Waals surface area contributed by atoms with Crippen molar-refractivity contribution in [3.05, 3.63) is 34.3 Å². The van der Waals surface area contributed by atoms with E-state index in [-0.39, 0.29) is 17.9 Å². The average Bonchev–Trinajstić information content (AvgIpc) is 2.25. The SMILES string of the molecule is CC(CCc1ccc(Br)cc1)NC(=O)C1CNC1. The number of amides is 1. The van der Waals surface area contributed by atoms with Gasteiger partial charge < -0.3 is 10.6 Å². The van der Waals surface area contributed by atoms with Crippen molar-refractivity contribution < 1.29 is 4.79 Å². The van der Waals surface area contributed by atoms with Crippen LogP contribution in [-0.4, -0.2) is 25.0 Å². The molecule has 1 fully saturated rings. The van der Waals surface area contributed by atoms with Gasteiger partial charge in [0, 0.05) is 23.6 Å². The van der Waals surface area contributed by atoms with Gasteiger partial charge >= 0.3 is 0 Å². The number of carbonyl (C=O) groups excluding carboxylic acids is 1. The Kier molecular flexibility index (Phi) is 4.78. The summed E-state index contributed by atoms with van der Waals surface area (Å²) in [6, 6.07) is 8.59. The number of nitrogens with one attached hydrogen (secondary N) is 2. The standard InChI is InChI=1S/C14H19BrN2O/c1-10(17-14(18)12-8-16-9-12)2-3-11-4-6-13(15)7-5-11/h4-7,10,12,16H,2-3,8-9H2,1H3,(H,17,18). The highest BCUT2D eigenvalue weighted by molar-refractivity contribution is 9.10. The van der Waals surface area contributed by atoms with Gasteiger partial charge in [-0.3, -0.25) is 4.79 Å². The molecule has 0 bridgehead atoms. The van der Waals surface area contributed by atoms with Crippen molar-refractivity contribution in [3.8, 4) is 0 Å². The van der Waals surface area contributed by atoms with Crippen LogP contribution in [0.5, 0.6) is 0 Å². The highest BCUT2D eigenvalue weighted by Gasteiger charge is 2.25. The van der Waals surface area contributed by atoms with Gasteiger partial charge in [-0.25, -0.2) is 0 Å². The van der Waals surface area contributed by atoms with Crippen LogP contribution in [0.15, 0.2) is 28.7 Å². The van der Waals surface area contributed by atoms with Gasteiger partial charge in [0.05, 0.1) is 5.92 Å². The Hall–Kier alpha value is -0.870. The summed E-state index contributed by atoms with van der Waals surface area (Å²) >= 11 is 3.43. The number of aryl methyl sites for hydroxylation is 1. The van der Waals surface area contributed by atoms with Gasteiger partial charge in [-0.2, -0.15) is 0 Å². The van der Waals surface area contributed by atoms with E-state index < -0.39 is 0 Å². The van der Waals surface area contributed by atoms with Gasteiger partial charge in [-0.1, -0.05) is 28.1 Å². The van der Waals surface area contributed by atoms with Crippen molar-refractivity contribution in [2.45, 2.75) is 25.8 Å². The smallest absolute Gasteiger partial charge is 0.225 e. The first kappa shape index (κ1) is 13.6. The number of halogens is 1. The molecule has 1 aliphatic rings. The maximum absolute atomic E-state index is 11.7. The molecule has 4 heteroatoms. The maximum Gasteiger partial charge on any atom is 0.225 e. The molecular weight excluding hydrogens is 292 g/mol. The number of benzene rings is 1. The Balaban J connectivity index is 1.72. The lowest BCUT2D eigenvalue weighted by Gasteiger charge is -2.27. The summed E-state index contributed by atoms with van der Waals surface area (Å²) in [5.74, 6) is 0.372. The summed E-state index contributed by atoms with van der Waals surface area (Å²) in [6.07, 6.45) is 1.98. The minimum Gasteiger partial charge on any atom is -0.353 e. The summed E-state index contributed by atoms with van der Waals surface area (Å²) in [6.45, 7) is 3.72. The molecule has 2 rings (SSSR count). The Morgan fingerprint density at radius 1 is 1.44 bits per heavy atom. The van der Waals surface area contributed by atoms with E-state index in [1.54, 1.807) is 0 Å². The van der Waals surface area contributed by atoms with E-state index in [2.05, 4.69) is 57.8 Å². The molecule has 0 radical (unpaired) electrons. The molecular formula is C14H19BrN2O. The summed E-state index contributed by atoms with van der Waals surface area (Å²) in [4.78, 5) is 11.7. The van der Waals surface area contributed by atoms with Crippen LogP contribution in [0.2, 0.25) is 0 Å². The van der Waals surface area contributed by atoms with Gasteiger partial charge in [0.25, 0.3) is 0 Å². The fourth-order valence-electron chi connectivity index (χ4n) is 1.94. The van der Waals surface area contributed by atoms with Gasteiger partial charge in [0.2, 0.25) is 5.91 Å². The fourth-order valence-corrected chi connectivity index (χ4v) is 2.21. The van der Waals surface area contributed by atoms with Crippen LogP contribution in [0, 0.1) is 5.92 Å². The first-order chi connectivity index (χ1) is 8.65. The van der Waals surface area contributed by atoms with Gasteiger partial charge in [-0.15, -0.1) is 0 Å². The predicted octanol–water partition coefficient (Wildman–Crippen LogP) is 2.11. The van der Waals surface area contributed by atoms with Crippen LogP contribution >= 0.6 is 15.9 Å². The molecule has 18 heavy (non-hydrogen) atoms. The number of hydrogen-bond acceptors (Lipinski definition) is 2.